The molecule has 0 bridgehead atoms. The molecule has 5 nitrogen and oxygen atoms in total. The molecule has 0 saturated heterocycles. The third kappa shape index (κ3) is 6.85. The van der Waals surface area contributed by atoms with Gasteiger partial charge in [0.2, 0.25) is 11.8 Å². The van der Waals surface area contributed by atoms with Crippen molar-refractivity contribution in [2.75, 3.05) is 16.8 Å². The summed E-state index contributed by atoms with van der Waals surface area (Å²) in [5.74, 6) is 1.47. The van der Waals surface area contributed by atoms with Crippen molar-refractivity contribution in [2.45, 2.75) is 29.0 Å². The highest BCUT2D eigenvalue weighted by molar-refractivity contribution is 8.01. The van der Waals surface area contributed by atoms with Crippen molar-refractivity contribution in [2.24, 2.45) is 0 Å². The Morgan fingerprint density at radius 2 is 1.68 bits per heavy atom. The predicted octanol–water partition coefficient (Wildman–Crippen LogP) is 5.05. The summed E-state index contributed by atoms with van der Waals surface area (Å²) in [7, 11) is 0. The Morgan fingerprint density at radius 1 is 0.968 bits per heavy atom. The standard InChI is InChI=1S/C23H23N3O2S3/c27-19(14-29-13-16-7-3-1-4-8-16)25-22-21(17-9-5-2-6-10-17)26-23(31-22)30-15-20(28)24-18-11-12-18/h1-10,18H,11-15H2,(H,24,28)(H,25,27). The Kier molecular flexibility index (Phi) is 7.66. The van der Waals surface area contributed by atoms with Crippen molar-refractivity contribution in [3.8, 4) is 11.3 Å². The molecule has 3 aromatic rings. The average molecular weight is 470 g/mol. The number of aromatic nitrogens is 1. The number of thiazole rings is 1. The van der Waals surface area contributed by atoms with Crippen molar-refractivity contribution in [3.63, 3.8) is 0 Å². The van der Waals surface area contributed by atoms with Crippen LogP contribution in [0, 0.1) is 0 Å². The lowest BCUT2D eigenvalue weighted by Crippen LogP contribution is -2.26. The minimum absolute atomic E-state index is 0.0341. The molecule has 0 aliphatic heterocycles. The highest BCUT2D eigenvalue weighted by Gasteiger charge is 2.23. The molecule has 0 atom stereocenters. The highest BCUT2D eigenvalue weighted by atomic mass is 32.2. The van der Waals surface area contributed by atoms with Crippen LogP contribution in [0.3, 0.4) is 0 Å². The first-order chi connectivity index (χ1) is 15.2. The lowest BCUT2D eigenvalue weighted by molar-refractivity contribution is -0.118. The Labute approximate surface area is 194 Å². The number of nitrogens with one attached hydrogen (secondary N) is 2. The van der Waals surface area contributed by atoms with E-state index in [-0.39, 0.29) is 11.8 Å². The molecule has 160 valence electrons. The molecular formula is C23H23N3O2S3. The number of rotatable bonds is 10. The third-order valence-electron chi connectivity index (χ3n) is 4.52. The fraction of sp³-hybridized carbons (Fsp3) is 0.261. The van der Waals surface area contributed by atoms with E-state index in [0.717, 1.165) is 39.2 Å². The number of anilines is 1. The topological polar surface area (TPSA) is 71.1 Å². The number of carbonyl (C=O) groups excluding carboxylic acids is 2. The van der Waals surface area contributed by atoms with Gasteiger partial charge in [0.25, 0.3) is 0 Å². The average Bonchev–Trinajstić information content (AvgIpc) is 3.51. The second-order valence-corrected chi connectivity index (χ2v) is 10.4. The monoisotopic (exact) mass is 469 g/mol. The number of amides is 2. The summed E-state index contributed by atoms with van der Waals surface area (Å²) in [6, 6.07) is 20.3. The van der Waals surface area contributed by atoms with Crippen LogP contribution in [0.15, 0.2) is 65.0 Å². The zero-order valence-corrected chi connectivity index (χ0v) is 19.3. The minimum atomic E-state index is -0.0511. The van der Waals surface area contributed by atoms with Crippen LogP contribution in [0.1, 0.15) is 18.4 Å². The zero-order chi connectivity index (χ0) is 21.5. The predicted molar refractivity (Wildman–Crippen MR) is 131 cm³/mol. The van der Waals surface area contributed by atoms with Crippen LogP contribution in [0.4, 0.5) is 5.00 Å². The second-order valence-electron chi connectivity index (χ2n) is 7.18. The maximum atomic E-state index is 12.6. The first kappa shape index (κ1) is 21.9. The van der Waals surface area contributed by atoms with Crippen LogP contribution in [-0.2, 0) is 15.3 Å². The summed E-state index contributed by atoms with van der Waals surface area (Å²) < 4.78 is 0.775. The SMILES string of the molecule is O=C(CSCc1ccccc1)Nc1sc(SCC(=O)NC2CC2)nc1-c1ccccc1. The van der Waals surface area contributed by atoms with Gasteiger partial charge >= 0.3 is 0 Å². The van der Waals surface area contributed by atoms with Gasteiger partial charge in [-0.15, -0.1) is 11.8 Å². The lowest BCUT2D eigenvalue weighted by atomic mass is 10.2. The number of carbonyl (C=O) groups is 2. The van der Waals surface area contributed by atoms with Crippen LogP contribution in [0.2, 0.25) is 0 Å². The molecule has 0 unspecified atom stereocenters. The van der Waals surface area contributed by atoms with E-state index in [1.54, 1.807) is 11.8 Å². The largest absolute Gasteiger partial charge is 0.353 e. The van der Waals surface area contributed by atoms with Gasteiger partial charge in [-0.1, -0.05) is 83.8 Å². The van der Waals surface area contributed by atoms with Crippen molar-refractivity contribution in [1.29, 1.82) is 0 Å². The summed E-state index contributed by atoms with van der Waals surface area (Å²) in [4.78, 5) is 29.3. The van der Waals surface area contributed by atoms with Crippen molar-refractivity contribution in [3.05, 3.63) is 66.2 Å². The van der Waals surface area contributed by atoms with Crippen LogP contribution < -0.4 is 10.6 Å². The van der Waals surface area contributed by atoms with Gasteiger partial charge in [0.1, 0.15) is 10.7 Å². The molecule has 2 N–H and O–H groups in total. The molecule has 1 aliphatic rings. The number of hydrogen-bond acceptors (Lipinski definition) is 6. The third-order valence-corrected chi connectivity index (χ3v) is 7.64. The van der Waals surface area contributed by atoms with Gasteiger partial charge < -0.3 is 10.6 Å². The van der Waals surface area contributed by atoms with E-state index >= 15 is 0 Å². The Morgan fingerprint density at radius 3 is 2.39 bits per heavy atom. The van der Waals surface area contributed by atoms with Crippen LogP contribution in [0.5, 0.6) is 0 Å². The summed E-state index contributed by atoms with van der Waals surface area (Å²) in [6.45, 7) is 0. The first-order valence-corrected chi connectivity index (χ1v) is 13.0. The molecule has 1 fully saturated rings. The van der Waals surface area contributed by atoms with Crippen LogP contribution in [0.25, 0.3) is 11.3 Å². The Bertz CT molecular complexity index is 1020. The molecule has 8 heteroatoms. The fourth-order valence-corrected chi connectivity index (χ4v) is 5.54. The highest BCUT2D eigenvalue weighted by Crippen LogP contribution is 2.37. The summed E-state index contributed by atoms with van der Waals surface area (Å²) >= 11 is 4.41. The van der Waals surface area contributed by atoms with Gasteiger partial charge in [-0.2, -0.15) is 0 Å². The smallest absolute Gasteiger partial charge is 0.235 e. The number of thioether (sulfide) groups is 2. The van der Waals surface area contributed by atoms with Gasteiger partial charge in [0.15, 0.2) is 4.34 Å². The Balaban J connectivity index is 1.38. The molecular weight excluding hydrogens is 446 g/mol. The van der Waals surface area contributed by atoms with Crippen LogP contribution >= 0.6 is 34.9 Å². The van der Waals surface area contributed by atoms with Gasteiger partial charge in [0, 0.05) is 17.4 Å². The molecule has 0 radical (unpaired) electrons. The molecule has 31 heavy (non-hydrogen) atoms. The van der Waals surface area contributed by atoms with Gasteiger partial charge in [-0.05, 0) is 18.4 Å². The zero-order valence-electron chi connectivity index (χ0n) is 16.9. The Hall–Kier alpha value is -2.29. The normalized spacial score (nSPS) is 13.0. The molecule has 1 aromatic heterocycles. The molecule has 0 spiro atoms. The van der Waals surface area contributed by atoms with E-state index in [0.29, 0.717) is 17.5 Å². The van der Waals surface area contributed by atoms with E-state index in [2.05, 4.69) is 22.8 Å². The molecule has 4 rings (SSSR count). The first-order valence-electron chi connectivity index (χ1n) is 10.1. The second kappa shape index (κ2) is 10.8. The maximum Gasteiger partial charge on any atom is 0.235 e. The molecule has 1 aliphatic carbocycles. The molecule has 2 aromatic carbocycles. The van der Waals surface area contributed by atoms with Gasteiger partial charge in [0.05, 0.1) is 11.5 Å². The van der Waals surface area contributed by atoms with E-state index in [1.165, 1.54) is 28.7 Å². The minimum Gasteiger partial charge on any atom is -0.353 e. The van der Waals surface area contributed by atoms with Crippen molar-refractivity contribution in [1.82, 2.24) is 10.3 Å². The quantitative estimate of drug-likeness (QED) is 0.407. The lowest BCUT2D eigenvalue weighted by Gasteiger charge is -2.05. The van der Waals surface area contributed by atoms with Crippen LogP contribution in [-0.4, -0.2) is 34.3 Å². The van der Waals surface area contributed by atoms with Crippen molar-refractivity contribution < 1.29 is 9.59 Å². The maximum absolute atomic E-state index is 12.6. The summed E-state index contributed by atoms with van der Waals surface area (Å²) in [6.07, 6.45) is 2.15. The van der Waals surface area contributed by atoms with Gasteiger partial charge in [-0.25, -0.2) is 4.98 Å². The fourth-order valence-electron chi connectivity index (χ4n) is 2.86. The number of nitrogens with zero attached hydrogens (tertiary/aromatic N) is 1. The van der Waals surface area contributed by atoms with E-state index in [9.17, 15) is 9.59 Å². The molecule has 1 heterocycles. The molecule has 2 amide bonds. The van der Waals surface area contributed by atoms with Crippen molar-refractivity contribution >= 4 is 51.7 Å². The number of benzene rings is 2. The van der Waals surface area contributed by atoms with E-state index in [1.807, 2.05) is 48.5 Å². The van der Waals surface area contributed by atoms with E-state index in [4.69, 9.17) is 4.98 Å². The summed E-state index contributed by atoms with van der Waals surface area (Å²) in [5.41, 5.74) is 2.89. The number of hydrogen-bond donors (Lipinski definition) is 2. The summed E-state index contributed by atoms with van der Waals surface area (Å²) in [5, 5.41) is 6.74. The van der Waals surface area contributed by atoms with Gasteiger partial charge in [-0.3, -0.25) is 9.59 Å². The molecule has 1 saturated carbocycles. The van der Waals surface area contributed by atoms with E-state index < -0.39 is 0 Å².